The van der Waals surface area contributed by atoms with Gasteiger partial charge in [-0.05, 0) is 31.7 Å². The Morgan fingerprint density at radius 3 is 2.80 bits per heavy atom. The molecule has 1 saturated heterocycles. The van der Waals surface area contributed by atoms with E-state index in [0.717, 1.165) is 17.9 Å². The van der Waals surface area contributed by atoms with E-state index in [2.05, 4.69) is 10.3 Å². The summed E-state index contributed by atoms with van der Waals surface area (Å²) in [6.45, 7) is -0.324. The summed E-state index contributed by atoms with van der Waals surface area (Å²) in [5.41, 5.74) is 1.32. The van der Waals surface area contributed by atoms with Crippen molar-refractivity contribution in [3.05, 3.63) is 35.3 Å². The van der Waals surface area contributed by atoms with Crippen molar-refractivity contribution in [1.29, 1.82) is 0 Å². The van der Waals surface area contributed by atoms with Crippen LogP contribution >= 0.6 is 11.3 Å². The van der Waals surface area contributed by atoms with E-state index in [4.69, 9.17) is 0 Å². The number of aliphatic hydroxyl groups excluding tert-OH is 1. The van der Waals surface area contributed by atoms with E-state index in [1.165, 1.54) is 10.8 Å². The summed E-state index contributed by atoms with van der Waals surface area (Å²) >= 11 is 1.15. The second kappa shape index (κ2) is 8.16. The lowest BCUT2D eigenvalue weighted by molar-refractivity contribution is -0.139. The lowest BCUT2D eigenvalue weighted by Gasteiger charge is -2.33. The molecular formula is C20H22F4N4OS. The average Bonchev–Trinajstić information content (AvgIpc) is 3.28. The van der Waals surface area contributed by atoms with Gasteiger partial charge in [0.05, 0.1) is 28.7 Å². The van der Waals surface area contributed by atoms with Gasteiger partial charge >= 0.3 is 6.18 Å². The summed E-state index contributed by atoms with van der Waals surface area (Å²) in [5.74, 6) is 0. The van der Waals surface area contributed by atoms with E-state index in [1.807, 2.05) is 11.9 Å². The molecule has 2 aromatic heterocycles. The molecule has 0 bridgehead atoms. The zero-order valence-corrected chi connectivity index (χ0v) is 17.1. The molecule has 5 nitrogen and oxygen atoms in total. The van der Waals surface area contributed by atoms with Crippen molar-refractivity contribution < 1.29 is 22.7 Å². The Hall–Kier alpha value is -2.17. The molecule has 0 amide bonds. The number of benzene rings is 1. The third kappa shape index (κ3) is 4.30. The van der Waals surface area contributed by atoms with E-state index in [-0.39, 0.29) is 6.61 Å². The molecule has 3 aromatic rings. The van der Waals surface area contributed by atoms with Crippen LogP contribution in [0.15, 0.2) is 30.5 Å². The number of aromatic nitrogens is 2. The summed E-state index contributed by atoms with van der Waals surface area (Å²) < 4.78 is 55.7. The van der Waals surface area contributed by atoms with Crippen LogP contribution in [0.3, 0.4) is 0 Å². The molecule has 2 N–H and O–H groups in total. The van der Waals surface area contributed by atoms with Crippen molar-refractivity contribution in [1.82, 2.24) is 14.5 Å². The standard InChI is InChI=1S/C20H22F4N4OS/c1-27-6-5-16(14(21)9-27)26-15-3-2-4-17-13(15)7-18(28(17)11-20(22,23)24)19-25-8-12(10-29)30-19/h2-4,7-8,14,16,26,29H,5-6,9-11H2,1H3/t14-,16+/m0/s1. The molecule has 4 rings (SSSR count). The van der Waals surface area contributed by atoms with Crippen LogP contribution in [0, 0.1) is 0 Å². The van der Waals surface area contributed by atoms with Gasteiger partial charge in [-0.2, -0.15) is 13.2 Å². The molecule has 3 heterocycles. The van der Waals surface area contributed by atoms with Gasteiger partial charge in [0.1, 0.15) is 17.7 Å². The monoisotopic (exact) mass is 442 g/mol. The summed E-state index contributed by atoms with van der Waals surface area (Å²) in [4.78, 5) is 6.68. The van der Waals surface area contributed by atoms with Crippen LogP contribution in [0.5, 0.6) is 0 Å². The van der Waals surface area contributed by atoms with E-state index >= 15 is 0 Å². The van der Waals surface area contributed by atoms with Gasteiger partial charge in [-0.15, -0.1) is 11.3 Å². The Morgan fingerprint density at radius 2 is 2.13 bits per heavy atom. The second-order valence-corrected chi connectivity index (χ2v) is 8.69. The Balaban J connectivity index is 1.77. The largest absolute Gasteiger partial charge is 0.406 e. The van der Waals surface area contributed by atoms with Crippen LogP contribution in [0.2, 0.25) is 0 Å². The number of halogens is 4. The quantitative estimate of drug-likeness (QED) is 0.580. The second-order valence-electron chi connectivity index (χ2n) is 7.58. The number of piperidine rings is 1. The molecule has 1 fully saturated rings. The number of hydrogen-bond acceptors (Lipinski definition) is 5. The maximum atomic E-state index is 14.5. The van der Waals surface area contributed by atoms with Crippen molar-refractivity contribution in [2.45, 2.75) is 38.0 Å². The number of rotatable bonds is 5. The first kappa shape index (κ1) is 21.1. The minimum absolute atomic E-state index is 0.224. The van der Waals surface area contributed by atoms with Crippen molar-refractivity contribution in [2.24, 2.45) is 0 Å². The van der Waals surface area contributed by atoms with Crippen LogP contribution in [-0.4, -0.2) is 58.1 Å². The summed E-state index contributed by atoms with van der Waals surface area (Å²) in [6.07, 6.45) is -3.42. The molecule has 0 radical (unpaired) electrons. The third-order valence-electron chi connectivity index (χ3n) is 5.30. The first-order valence-electron chi connectivity index (χ1n) is 9.59. The van der Waals surface area contributed by atoms with Gasteiger partial charge in [-0.3, -0.25) is 0 Å². The molecule has 1 aliphatic rings. The first-order valence-corrected chi connectivity index (χ1v) is 10.4. The van der Waals surface area contributed by atoms with E-state index < -0.39 is 24.9 Å². The van der Waals surface area contributed by atoms with Crippen molar-refractivity contribution in [3.8, 4) is 10.7 Å². The van der Waals surface area contributed by atoms with Crippen LogP contribution < -0.4 is 5.32 Å². The van der Waals surface area contributed by atoms with E-state index in [1.54, 1.807) is 24.3 Å². The predicted molar refractivity (Wildman–Crippen MR) is 109 cm³/mol. The lowest BCUT2D eigenvalue weighted by atomic mass is 10.0. The number of nitrogens with zero attached hydrogens (tertiary/aromatic N) is 3. The molecule has 1 aliphatic heterocycles. The van der Waals surface area contributed by atoms with Crippen LogP contribution in [0.4, 0.5) is 23.2 Å². The molecule has 0 unspecified atom stereocenters. The Morgan fingerprint density at radius 1 is 1.33 bits per heavy atom. The van der Waals surface area contributed by atoms with E-state index in [0.29, 0.717) is 45.1 Å². The highest BCUT2D eigenvalue weighted by Crippen LogP contribution is 2.37. The Labute approximate surface area is 174 Å². The van der Waals surface area contributed by atoms with Crippen LogP contribution in [0.25, 0.3) is 21.6 Å². The Bertz CT molecular complexity index is 1030. The Kier molecular flexibility index (Phi) is 5.73. The zero-order chi connectivity index (χ0) is 21.5. The van der Waals surface area contributed by atoms with Crippen LogP contribution in [0.1, 0.15) is 11.3 Å². The molecule has 10 heteroatoms. The minimum Gasteiger partial charge on any atom is -0.391 e. The number of nitrogens with one attached hydrogen (secondary N) is 1. The van der Waals surface area contributed by atoms with Crippen molar-refractivity contribution >= 4 is 27.9 Å². The van der Waals surface area contributed by atoms with Crippen molar-refractivity contribution in [2.75, 3.05) is 25.5 Å². The third-order valence-corrected chi connectivity index (χ3v) is 6.30. The molecule has 0 spiro atoms. The average molecular weight is 442 g/mol. The van der Waals surface area contributed by atoms with Gasteiger partial charge in [0.2, 0.25) is 0 Å². The number of alkyl halides is 4. The van der Waals surface area contributed by atoms with Gasteiger partial charge in [-0.25, -0.2) is 9.37 Å². The molecule has 162 valence electrons. The number of likely N-dealkylation sites (tertiary alicyclic amines) is 1. The first-order chi connectivity index (χ1) is 14.2. The fraction of sp³-hybridized carbons (Fsp3) is 0.450. The fourth-order valence-electron chi connectivity index (χ4n) is 3.86. The summed E-state index contributed by atoms with van der Waals surface area (Å²) in [7, 11) is 1.86. The SMILES string of the molecule is CN1CC[C@@H](Nc2cccc3c2cc(-c2ncc(CO)s2)n3CC(F)(F)F)[C@@H](F)C1. The molecule has 30 heavy (non-hydrogen) atoms. The molecular weight excluding hydrogens is 420 g/mol. The van der Waals surface area contributed by atoms with Crippen LogP contribution in [-0.2, 0) is 13.2 Å². The highest BCUT2D eigenvalue weighted by Gasteiger charge is 2.32. The molecule has 1 aromatic carbocycles. The van der Waals surface area contributed by atoms with Crippen molar-refractivity contribution in [3.63, 3.8) is 0 Å². The number of anilines is 1. The van der Waals surface area contributed by atoms with Gasteiger partial charge in [0, 0.05) is 30.4 Å². The fourth-order valence-corrected chi connectivity index (χ4v) is 4.65. The number of hydrogen-bond donors (Lipinski definition) is 2. The normalized spacial score (nSPS) is 20.7. The minimum atomic E-state index is -4.42. The predicted octanol–water partition coefficient (Wildman–Crippen LogP) is 4.27. The maximum Gasteiger partial charge on any atom is 0.406 e. The number of fused-ring (bicyclic) bond motifs is 1. The smallest absolute Gasteiger partial charge is 0.391 e. The summed E-state index contributed by atoms with van der Waals surface area (Å²) in [5, 5.41) is 13.5. The summed E-state index contributed by atoms with van der Waals surface area (Å²) in [6, 6.07) is 6.31. The molecule has 0 saturated carbocycles. The van der Waals surface area contributed by atoms with E-state index in [9.17, 15) is 22.7 Å². The maximum absolute atomic E-state index is 14.5. The topological polar surface area (TPSA) is 53.3 Å². The highest BCUT2D eigenvalue weighted by molar-refractivity contribution is 7.15. The zero-order valence-electron chi connectivity index (χ0n) is 16.3. The number of aliphatic hydroxyl groups is 1. The van der Waals surface area contributed by atoms with Gasteiger partial charge in [-0.1, -0.05) is 6.07 Å². The van der Waals surface area contributed by atoms with Gasteiger partial charge in [0.25, 0.3) is 0 Å². The highest BCUT2D eigenvalue weighted by atomic mass is 32.1. The molecule has 0 aliphatic carbocycles. The molecule has 2 atom stereocenters. The number of thiazole rings is 1. The van der Waals surface area contributed by atoms with Gasteiger partial charge in [0.15, 0.2) is 0 Å². The lowest BCUT2D eigenvalue weighted by Crippen LogP contribution is -2.46. The van der Waals surface area contributed by atoms with Gasteiger partial charge < -0.3 is 19.9 Å².